The number of fused-ring (bicyclic) bond motifs is 2. The number of anilines is 2. The van der Waals surface area contributed by atoms with Crippen molar-refractivity contribution in [1.82, 2.24) is 19.6 Å². The molecule has 134 valence electrons. The molecule has 10 heteroatoms. The largest absolute Gasteiger partial charge is 0.299 e. The maximum absolute atomic E-state index is 6.34. The number of benzene rings is 2. The fraction of sp³-hybridized carbons (Fsp3) is 0. The molecule has 0 atom stereocenters. The van der Waals surface area contributed by atoms with Crippen LogP contribution >= 0.6 is 57.5 Å². The molecule has 2 aromatic carbocycles. The summed E-state index contributed by atoms with van der Waals surface area (Å²) in [4.78, 5) is 9.81. The average molecular weight is 453 g/mol. The van der Waals surface area contributed by atoms with E-state index >= 15 is 0 Å². The van der Waals surface area contributed by atoms with Gasteiger partial charge in [-0.05, 0) is 36.4 Å². The van der Waals surface area contributed by atoms with Crippen LogP contribution in [-0.2, 0) is 0 Å². The van der Waals surface area contributed by atoms with Crippen LogP contribution in [0.5, 0.6) is 0 Å². The van der Waals surface area contributed by atoms with Crippen LogP contribution in [-0.4, -0.2) is 19.6 Å². The van der Waals surface area contributed by atoms with E-state index < -0.39 is 0 Å². The van der Waals surface area contributed by atoms with Crippen molar-refractivity contribution in [3.8, 4) is 11.3 Å². The van der Waals surface area contributed by atoms with E-state index in [9.17, 15) is 0 Å². The van der Waals surface area contributed by atoms with E-state index in [1.54, 1.807) is 16.6 Å². The van der Waals surface area contributed by atoms with Crippen LogP contribution in [0.2, 0.25) is 15.1 Å². The second-order valence-corrected chi connectivity index (χ2v) is 8.78. The number of aromatic nitrogens is 4. The van der Waals surface area contributed by atoms with E-state index in [0.717, 1.165) is 26.4 Å². The summed E-state index contributed by atoms with van der Waals surface area (Å²) in [6, 6.07) is 11.0. The Kier molecular flexibility index (Phi) is 4.22. The normalized spacial score (nSPS) is 11.5. The van der Waals surface area contributed by atoms with E-state index in [-0.39, 0.29) is 0 Å². The number of halogens is 3. The second-order valence-electron chi connectivity index (χ2n) is 5.63. The van der Waals surface area contributed by atoms with Crippen LogP contribution in [0.15, 0.2) is 41.8 Å². The monoisotopic (exact) mass is 451 g/mol. The number of rotatable bonds is 3. The van der Waals surface area contributed by atoms with Gasteiger partial charge in [0.2, 0.25) is 10.9 Å². The fourth-order valence-corrected chi connectivity index (χ4v) is 5.13. The zero-order chi connectivity index (χ0) is 18.5. The minimum atomic E-state index is 0.471. The molecule has 1 N–H and O–H groups in total. The first-order valence-electron chi connectivity index (χ1n) is 7.70. The quantitative estimate of drug-likeness (QED) is 0.328. The van der Waals surface area contributed by atoms with Gasteiger partial charge in [-0.3, -0.25) is 5.32 Å². The van der Waals surface area contributed by atoms with Crippen LogP contribution in [0, 0.1) is 0 Å². The van der Waals surface area contributed by atoms with Crippen molar-refractivity contribution in [1.29, 1.82) is 0 Å². The third kappa shape index (κ3) is 3.15. The lowest BCUT2D eigenvalue weighted by Crippen LogP contribution is -1.94. The summed E-state index contributed by atoms with van der Waals surface area (Å²) >= 11 is 21.3. The highest BCUT2D eigenvalue weighted by Gasteiger charge is 2.15. The van der Waals surface area contributed by atoms with E-state index in [4.69, 9.17) is 34.8 Å². The van der Waals surface area contributed by atoms with Crippen molar-refractivity contribution in [3.63, 3.8) is 0 Å². The van der Waals surface area contributed by atoms with Crippen LogP contribution in [0.1, 0.15) is 0 Å². The molecule has 0 saturated carbocycles. The Bertz CT molecular complexity index is 1310. The van der Waals surface area contributed by atoms with Gasteiger partial charge >= 0.3 is 0 Å². The van der Waals surface area contributed by atoms with E-state index in [0.29, 0.717) is 26.1 Å². The lowest BCUT2D eigenvalue weighted by Gasteiger charge is -2.02. The molecule has 3 heterocycles. The molecule has 3 aromatic heterocycles. The van der Waals surface area contributed by atoms with E-state index in [1.165, 1.54) is 22.7 Å². The lowest BCUT2D eigenvalue weighted by molar-refractivity contribution is 0.988. The van der Waals surface area contributed by atoms with Crippen molar-refractivity contribution in [2.75, 3.05) is 5.32 Å². The van der Waals surface area contributed by atoms with E-state index in [2.05, 4.69) is 20.4 Å². The molecule has 27 heavy (non-hydrogen) atoms. The Labute approximate surface area is 176 Å². The Morgan fingerprint density at radius 1 is 0.963 bits per heavy atom. The summed E-state index contributed by atoms with van der Waals surface area (Å²) in [5.74, 6) is 0.471. The van der Waals surface area contributed by atoms with Gasteiger partial charge in [0.25, 0.3) is 0 Å². The van der Waals surface area contributed by atoms with Crippen LogP contribution in [0.4, 0.5) is 11.1 Å². The zero-order valence-corrected chi connectivity index (χ0v) is 17.2. The van der Waals surface area contributed by atoms with Gasteiger partial charge in [0.05, 0.1) is 20.9 Å². The molecule has 0 bridgehead atoms. The molecule has 0 unspecified atom stereocenters. The highest BCUT2D eigenvalue weighted by molar-refractivity contribution is 7.22. The lowest BCUT2D eigenvalue weighted by atomic mass is 10.2. The average Bonchev–Trinajstić information content (AvgIpc) is 3.29. The Morgan fingerprint density at radius 3 is 2.63 bits per heavy atom. The van der Waals surface area contributed by atoms with Crippen LogP contribution < -0.4 is 5.32 Å². The minimum absolute atomic E-state index is 0.471. The van der Waals surface area contributed by atoms with Crippen LogP contribution in [0.3, 0.4) is 0 Å². The van der Waals surface area contributed by atoms with Crippen molar-refractivity contribution < 1.29 is 0 Å². The summed E-state index contributed by atoms with van der Waals surface area (Å²) in [6.45, 7) is 0. The van der Waals surface area contributed by atoms with Gasteiger partial charge in [-0.2, -0.15) is 4.98 Å². The molecule has 0 radical (unpaired) electrons. The van der Waals surface area contributed by atoms with Crippen molar-refractivity contribution in [3.05, 3.63) is 56.8 Å². The van der Waals surface area contributed by atoms with Gasteiger partial charge in [0.1, 0.15) is 0 Å². The number of nitrogens with zero attached hydrogens (tertiary/aromatic N) is 4. The molecule has 0 saturated heterocycles. The number of hydrogen-bond acceptors (Lipinski definition) is 6. The molecule has 5 aromatic rings. The SMILES string of the molecule is Clc1ccc(-c2csc3nc(Nc4nc5ccc(Cl)cc5s4)nn23)c(Cl)c1. The summed E-state index contributed by atoms with van der Waals surface area (Å²) in [6.07, 6.45) is 0. The number of thiazole rings is 2. The Balaban J connectivity index is 1.52. The predicted molar refractivity (Wildman–Crippen MR) is 114 cm³/mol. The molecule has 0 aliphatic carbocycles. The Hall–Kier alpha value is -1.90. The summed E-state index contributed by atoms with van der Waals surface area (Å²) in [5, 5.41) is 12.2. The smallest absolute Gasteiger partial charge is 0.250 e. The van der Waals surface area contributed by atoms with Gasteiger partial charge in [0, 0.05) is 21.0 Å². The Morgan fingerprint density at radius 2 is 1.78 bits per heavy atom. The van der Waals surface area contributed by atoms with Crippen molar-refractivity contribution in [2.45, 2.75) is 0 Å². The molecule has 0 fully saturated rings. The summed E-state index contributed by atoms with van der Waals surface area (Å²) in [5.41, 5.74) is 2.58. The standard InChI is InChI=1S/C17H8Cl3N5S2/c18-8-1-3-10(11(20)5-8)13-7-26-17-23-15(24-25(13)17)22-16-21-12-4-2-9(19)6-14(12)27-16/h1-7H,(H,21,22,24). The van der Waals surface area contributed by atoms with E-state index in [1.807, 2.05) is 29.6 Å². The van der Waals surface area contributed by atoms with Crippen molar-refractivity contribution >= 4 is 83.7 Å². The highest BCUT2D eigenvalue weighted by Crippen LogP contribution is 2.34. The summed E-state index contributed by atoms with van der Waals surface area (Å²) < 4.78 is 2.76. The number of nitrogens with one attached hydrogen (secondary N) is 1. The van der Waals surface area contributed by atoms with Crippen LogP contribution in [0.25, 0.3) is 26.4 Å². The van der Waals surface area contributed by atoms with Crippen molar-refractivity contribution in [2.24, 2.45) is 0 Å². The molecule has 5 rings (SSSR count). The fourth-order valence-electron chi connectivity index (χ4n) is 2.66. The summed E-state index contributed by atoms with van der Waals surface area (Å²) in [7, 11) is 0. The first-order valence-corrected chi connectivity index (χ1v) is 10.5. The van der Waals surface area contributed by atoms with Gasteiger partial charge in [-0.15, -0.1) is 16.4 Å². The first kappa shape index (κ1) is 17.2. The number of hydrogen-bond donors (Lipinski definition) is 1. The molecule has 0 amide bonds. The van der Waals surface area contributed by atoms with Gasteiger partial charge in [-0.25, -0.2) is 9.50 Å². The second kappa shape index (κ2) is 6.61. The molecular weight excluding hydrogens is 445 g/mol. The highest BCUT2D eigenvalue weighted by atomic mass is 35.5. The molecule has 0 aliphatic heterocycles. The maximum atomic E-state index is 6.34. The third-order valence-electron chi connectivity index (χ3n) is 3.86. The van der Waals surface area contributed by atoms with Gasteiger partial charge in [-0.1, -0.05) is 46.1 Å². The molecule has 5 nitrogen and oxygen atoms in total. The third-order valence-corrected chi connectivity index (χ3v) is 6.39. The first-order chi connectivity index (χ1) is 13.1. The van der Waals surface area contributed by atoms with Gasteiger partial charge in [0.15, 0.2) is 5.13 Å². The zero-order valence-electron chi connectivity index (χ0n) is 13.3. The molecular formula is C17H8Cl3N5S2. The molecule has 0 aliphatic rings. The molecule has 0 spiro atoms. The maximum Gasteiger partial charge on any atom is 0.250 e. The minimum Gasteiger partial charge on any atom is -0.299 e. The predicted octanol–water partition coefficient (Wildman–Crippen LogP) is 6.77. The van der Waals surface area contributed by atoms with Gasteiger partial charge < -0.3 is 0 Å². The topological polar surface area (TPSA) is 55.1 Å².